The Bertz CT molecular complexity index is 1480. The van der Waals surface area contributed by atoms with E-state index in [0.29, 0.717) is 36.2 Å². The second-order valence-electron chi connectivity index (χ2n) is 10.1. The van der Waals surface area contributed by atoms with E-state index in [9.17, 15) is 30.4 Å². The number of nitrogens with one attached hydrogen (secondary N) is 1. The third-order valence-electron chi connectivity index (χ3n) is 6.19. The third kappa shape index (κ3) is 5.59. The van der Waals surface area contributed by atoms with E-state index in [-0.39, 0.29) is 16.0 Å². The van der Waals surface area contributed by atoms with Crippen LogP contribution in [-0.4, -0.2) is 25.3 Å². The Kier molecular flexibility index (Phi) is 7.43. The van der Waals surface area contributed by atoms with Gasteiger partial charge in [0.25, 0.3) is 0 Å². The van der Waals surface area contributed by atoms with E-state index in [0.717, 1.165) is 25.3 Å². The van der Waals surface area contributed by atoms with Crippen molar-refractivity contribution >= 4 is 26.0 Å². The maximum Gasteiger partial charge on any atom is 0.416 e. The van der Waals surface area contributed by atoms with Crippen LogP contribution in [0.1, 0.15) is 50.8 Å². The molecule has 1 aliphatic rings. The Balaban J connectivity index is 1.85. The molecule has 6 nitrogen and oxygen atoms in total. The number of alkyl halides is 3. The molecule has 38 heavy (non-hydrogen) atoms. The van der Waals surface area contributed by atoms with Crippen molar-refractivity contribution in [2.24, 2.45) is 5.92 Å². The fraction of sp³-hybridized carbons (Fsp3) is 0.400. The van der Waals surface area contributed by atoms with Gasteiger partial charge < -0.3 is 4.74 Å². The molecule has 0 aliphatic heterocycles. The first kappa shape index (κ1) is 28.5. The van der Waals surface area contributed by atoms with E-state index in [4.69, 9.17) is 4.74 Å². The topological polar surface area (TPSA) is 73.2 Å². The van der Waals surface area contributed by atoms with Crippen molar-refractivity contribution in [3.8, 4) is 17.0 Å². The smallest absolute Gasteiger partial charge is 0.416 e. The van der Waals surface area contributed by atoms with Crippen molar-refractivity contribution in [2.45, 2.75) is 56.3 Å². The van der Waals surface area contributed by atoms with Gasteiger partial charge in [-0.3, -0.25) is 4.68 Å². The van der Waals surface area contributed by atoms with Gasteiger partial charge in [-0.05, 0) is 85.8 Å². The van der Waals surface area contributed by atoms with Gasteiger partial charge in [-0.15, -0.1) is 0 Å². The van der Waals surface area contributed by atoms with Gasteiger partial charge in [-0.25, -0.2) is 21.9 Å². The molecule has 1 aromatic heterocycles. The Morgan fingerprint density at radius 2 is 1.74 bits per heavy atom. The van der Waals surface area contributed by atoms with Gasteiger partial charge in [0.05, 0.1) is 36.1 Å². The first-order chi connectivity index (χ1) is 17.5. The summed E-state index contributed by atoms with van der Waals surface area (Å²) in [5.41, 5.74) is -0.611. The molecule has 0 bridgehead atoms. The minimum Gasteiger partial charge on any atom is -0.495 e. The average molecular weight is 622 g/mol. The predicted molar refractivity (Wildman–Crippen MR) is 134 cm³/mol. The molecule has 0 saturated heterocycles. The highest BCUT2D eigenvalue weighted by molar-refractivity contribution is 9.10. The highest BCUT2D eigenvalue weighted by Crippen LogP contribution is 2.47. The molecule has 2 aromatic carbocycles. The molecule has 1 unspecified atom stereocenters. The summed E-state index contributed by atoms with van der Waals surface area (Å²) < 4.78 is 104. The van der Waals surface area contributed by atoms with Crippen LogP contribution in [0.25, 0.3) is 11.3 Å². The van der Waals surface area contributed by atoms with Crippen LogP contribution >= 0.6 is 15.9 Å². The molecule has 1 aliphatic carbocycles. The normalized spacial score (nSPS) is 15.5. The second kappa shape index (κ2) is 9.91. The predicted octanol–water partition coefficient (Wildman–Crippen LogP) is 6.80. The number of halogens is 6. The number of ether oxygens (including phenoxy) is 1. The van der Waals surface area contributed by atoms with E-state index < -0.39 is 55.6 Å². The van der Waals surface area contributed by atoms with Crippen molar-refractivity contribution in [1.82, 2.24) is 14.5 Å². The number of hydrogen-bond acceptors (Lipinski definition) is 4. The first-order valence-electron chi connectivity index (χ1n) is 11.6. The van der Waals surface area contributed by atoms with Gasteiger partial charge >= 0.3 is 6.18 Å². The van der Waals surface area contributed by atoms with Crippen LogP contribution in [0, 0.1) is 17.6 Å². The summed E-state index contributed by atoms with van der Waals surface area (Å²) in [4.78, 5) is -0.461. The number of hydrogen-bond donors (Lipinski definition) is 1. The van der Waals surface area contributed by atoms with E-state index in [1.165, 1.54) is 6.20 Å². The van der Waals surface area contributed by atoms with Crippen LogP contribution in [-0.2, 0) is 21.7 Å². The summed E-state index contributed by atoms with van der Waals surface area (Å²) in [5, 5.41) is 4.46. The maximum absolute atomic E-state index is 14.3. The molecule has 3 aromatic rings. The average Bonchev–Trinajstić information content (AvgIpc) is 3.56. The van der Waals surface area contributed by atoms with Gasteiger partial charge in [0.1, 0.15) is 10.6 Å². The van der Waals surface area contributed by atoms with Crippen molar-refractivity contribution in [3.63, 3.8) is 0 Å². The van der Waals surface area contributed by atoms with E-state index in [1.54, 1.807) is 4.68 Å². The number of rotatable bonds is 7. The van der Waals surface area contributed by atoms with Crippen molar-refractivity contribution in [2.75, 3.05) is 7.11 Å². The largest absolute Gasteiger partial charge is 0.495 e. The monoisotopic (exact) mass is 621 g/mol. The lowest BCUT2D eigenvalue weighted by molar-refractivity contribution is -0.137. The minimum absolute atomic E-state index is 0.148. The SMILES string of the molecule is COc1cc(C(F)(F)F)ccc1S(=O)(=O)NC(c1cnn(C(C)(C)C)c1-c1cc(F)c(F)cc1Br)C1CC1. The molecule has 13 heteroatoms. The molecule has 0 radical (unpaired) electrons. The van der Waals surface area contributed by atoms with Gasteiger partial charge in [0.15, 0.2) is 11.6 Å². The van der Waals surface area contributed by atoms with Crippen molar-refractivity contribution < 1.29 is 35.1 Å². The zero-order valence-corrected chi connectivity index (χ0v) is 23.2. The lowest BCUT2D eigenvalue weighted by atomic mass is 9.98. The summed E-state index contributed by atoms with van der Waals surface area (Å²) in [6, 6.07) is 3.29. The zero-order valence-electron chi connectivity index (χ0n) is 20.8. The summed E-state index contributed by atoms with van der Waals surface area (Å²) in [5.74, 6) is -2.76. The summed E-state index contributed by atoms with van der Waals surface area (Å²) >= 11 is 3.28. The maximum atomic E-state index is 14.3. The molecule has 1 N–H and O–H groups in total. The first-order valence-corrected chi connectivity index (χ1v) is 13.8. The minimum atomic E-state index is -4.69. The lowest BCUT2D eigenvalue weighted by Gasteiger charge is -2.26. The Hall–Kier alpha value is -2.51. The number of sulfonamides is 1. The van der Waals surface area contributed by atoms with Crippen LogP contribution in [0.3, 0.4) is 0 Å². The standard InChI is InChI=1S/C25H25BrF5N3O3S/c1-24(2,3)34-23(15-10-18(27)19(28)11-17(15)26)16(12-32-34)22(13-5-6-13)33-38(35,36)21-8-7-14(25(29,30)31)9-20(21)37-4/h7-13,22,33H,5-6H2,1-4H3. The highest BCUT2D eigenvalue weighted by atomic mass is 79.9. The molecular weight excluding hydrogens is 597 g/mol. The number of methoxy groups -OCH3 is 1. The summed E-state index contributed by atoms with van der Waals surface area (Å²) in [6.45, 7) is 5.55. The second-order valence-corrected chi connectivity index (χ2v) is 12.6. The van der Waals surface area contributed by atoms with E-state index in [1.807, 2.05) is 20.8 Å². The Labute approximate surface area is 225 Å². The van der Waals surface area contributed by atoms with Gasteiger partial charge in [-0.1, -0.05) is 0 Å². The lowest BCUT2D eigenvalue weighted by Crippen LogP contribution is -2.31. The zero-order chi connectivity index (χ0) is 28.2. The van der Waals surface area contributed by atoms with Gasteiger partial charge in [-0.2, -0.15) is 18.3 Å². The third-order valence-corrected chi connectivity index (χ3v) is 8.33. The van der Waals surface area contributed by atoms with Gasteiger partial charge in [0, 0.05) is 15.6 Å². The fourth-order valence-corrected chi connectivity index (χ4v) is 6.15. The highest BCUT2D eigenvalue weighted by Gasteiger charge is 2.40. The van der Waals surface area contributed by atoms with Crippen LogP contribution in [0.2, 0.25) is 0 Å². The quantitative estimate of drug-likeness (QED) is 0.232. The van der Waals surface area contributed by atoms with E-state index >= 15 is 0 Å². The van der Waals surface area contributed by atoms with Crippen LogP contribution in [0.5, 0.6) is 5.75 Å². The molecule has 0 amide bonds. The fourth-order valence-electron chi connectivity index (χ4n) is 4.21. The molecular formula is C25H25BrF5N3O3S. The van der Waals surface area contributed by atoms with Crippen LogP contribution in [0.4, 0.5) is 22.0 Å². The molecule has 1 fully saturated rings. The molecule has 4 rings (SSSR count). The van der Waals surface area contributed by atoms with Crippen molar-refractivity contribution in [1.29, 1.82) is 0 Å². The number of aromatic nitrogens is 2. The summed E-state index contributed by atoms with van der Waals surface area (Å²) in [7, 11) is -3.31. The Morgan fingerprint density at radius 3 is 2.29 bits per heavy atom. The van der Waals surface area contributed by atoms with Gasteiger partial charge in [0.2, 0.25) is 10.0 Å². The molecule has 1 atom stereocenters. The number of benzene rings is 2. The van der Waals surface area contributed by atoms with Crippen molar-refractivity contribution in [3.05, 3.63) is 63.8 Å². The van der Waals surface area contributed by atoms with E-state index in [2.05, 4.69) is 25.8 Å². The number of nitrogens with zero attached hydrogens (tertiary/aromatic N) is 2. The summed E-state index contributed by atoms with van der Waals surface area (Å²) in [6.07, 6.45) is -1.86. The van der Waals surface area contributed by atoms with Crippen LogP contribution < -0.4 is 9.46 Å². The molecule has 0 spiro atoms. The van der Waals surface area contributed by atoms with Crippen LogP contribution in [0.15, 0.2) is 45.9 Å². The molecule has 206 valence electrons. The molecule has 1 heterocycles. The Morgan fingerprint density at radius 1 is 1.11 bits per heavy atom. The molecule has 1 saturated carbocycles.